The predicted molar refractivity (Wildman–Crippen MR) is 123 cm³/mol. The Morgan fingerprint density at radius 2 is 1.91 bits per heavy atom. The SMILES string of the molecule is CCc1ccccc1NC(=O)N1CCCC(c2nnc(C(=O)Nc3ccc(F)cc3)s2)C1. The number of aryl methyl sites for hydroxylation is 1. The number of piperidine rings is 1. The number of likely N-dealkylation sites (tertiary alicyclic amines) is 1. The third-order valence-electron chi connectivity index (χ3n) is 5.43. The van der Waals surface area contributed by atoms with Crippen LogP contribution in [0.1, 0.15) is 46.1 Å². The van der Waals surface area contributed by atoms with Gasteiger partial charge < -0.3 is 15.5 Å². The molecule has 1 aromatic heterocycles. The average molecular weight is 454 g/mol. The summed E-state index contributed by atoms with van der Waals surface area (Å²) in [6.45, 7) is 3.25. The normalized spacial score (nSPS) is 15.9. The number of hydrogen-bond donors (Lipinski definition) is 2. The van der Waals surface area contributed by atoms with E-state index in [0.717, 1.165) is 35.5 Å². The first-order valence-corrected chi connectivity index (χ1v) is 11.4. The Balaban J connectivity index is 1.39. The smallest absolute Gasteiger partial charge is 0.321 e. The lowest BCUT2D eigenvalue weighted by Gasteiger charge is -2.31. The lowest BCUT2D eigenvalue weighted by atomic mass is 9.99. The van der Waals surface area contributed by atoms with Crippen molar-refractivity contribution in [1.29, 1.82) is 0 Å². The number of para-hydroxylation sites is 1. The molecule has 166 valence electrons. The van der Waals surface area contributed by atoms with Crippen molar-refractivity contribution in [2.75, 3.05) is 23.7 Å². The summed E-state index contributed by atoms with van der Waals surface area (Å²) in [7, 11) is 0. The van der Waals surface area contributed by atoms with E-state index in [-0.39, 0.29) is 28.7 Å². The fourth-order valence-electron chi connectivity index (χ4n) is 3.72. The van der Waals surface area contributed by atoms with Gasteiger partial charge in [0.2, 0.25) is 5.01 Å². The van der Waals surface area contributed by atoms with Gasteiger partial charge in [-0.3, -0.25) is 4.79 Å². The van der Waals surface area contributed by atoms with Crippen molar-refractivity contribution < 1.29 is 14.0 Å². The molecule has 0 spiro atoms. The standard InChI is InChI=1S/C23H24FN5O2S/c1-2-15-6-3-4-8-19(15)26-23(31)29-13-5-7-16(14-29)21-27-28-22(32-21)20(30)25-18-11-9-17(24)10-12-18/h3-4,6,8-12,16H,2,5,7,13-14H2,1H3,(H,25,30)(H,26,31). The number of rotatable bonds is 5. The first kappa shape index (κ1) is 21.9. The maximum atomic E-state index is 13.0. The van der Waals surface area contributed by atoms with E-state index in [2.05, 4.69) is 27.8 Å². The molecule has 1 unspecified atom stereocenters. The molecule has 0 radical (unpaired) electrons. The van der Waals surface area contributed by atoms with Crippen LogP contribution in [0.3, 0.4) is 0 Å². The predicted octanol–water partition coefficient (Wildman–Crippen LogP) is 4.90. The molecular formula is C23H24FN5O2S. The summed E-state index contributed by atoms with van der Waals surface area (Å²) < 4.78 is 13.0. The van der Waals surface area contributed by atoms with Gasteiger partial charge in [0.1, 0.15) is 10.8 Å². The second-order valence-corrected chi connectivity index (χ2v) is 8.64. The minimum absolute atomic E-state index is 0.0285. The highest BCUT2D eigenvalue weighted by Crippen LogP contribution is 2.30. The molecule has 0 bridgehead atoms. The van der Waals surface area contributed by atoms with Gasteiger partial charge in [-0.05, 0) is 55.2 Å². The number of urea groups is 1. The van der Waals surface area contributed by atoms with E-state index < -0.39 is 0 Å². The van der Waals surface area contributed by atoms with Gasteiger partial charge in [0.05, 0.1) is 0 Å². The second-order valence-electron chi connectivity index (χ2n) is 7.63. The summed E-state index contributed by atoms with van der Waals surface area (Å²) in [5, 5.41) is 14.9. The fraction of sp³-hybridized carbons (Fsp3) is 0.304. The maximum Gasteiger partial charge on any atom is 0.321 e. The minimum Gasteiger partial charge on any atom is -0.324 e. The lowest BCUT2D eigenvalue weighted by molar-refractivity contribution is 0.102. The highest BCUT2D eigenvalue weighted by molar-refractivity contribution is 7.13. The Kier molecular flexibility index (Phi) is 6.75. The zero-order valence-electron chi connectivity index (χ0n) is 17.7. The largest absolute Gasteiger partial charge is 0.324 e. The first-order valence-electron chi connectivity index (χ1n) is 10.6. The summed E-state index contributed by atoms with van der Waals surface area (Å²) in [6, 6.07) is 13.2. The number of carbonyl (C=O) groups excluding carboxylic acids is 2. The molecule has 2 heterocycles. The Bertz CT molecular complexity index is 1100. The van der Waals surface area contributed by atoms with Gasteiger partial charge in [0.15, 0.2) is 0 Å². The van der Waals surface area contributed by atoms with Crippen LogP contribution in [0.25, 0.3) is 0 Å². The zero-order chi connectivity index (χ0) is 22.5. The molecule has 1 atom stereocenters. The van der Waals surface area contributed by atoms with Crippen molar-refractivity contribution in [3.63, 3.8) is 0 Å². The molecule has 32 heavy (non-hydrogen) atoms. The number of anilines is 2. The number of aromatic nitrogens is 2. The van der Waals surface area contributed by atoms with Crippen molar-refractivity contribution >= 4 is 34.6 Å². The number of halogens is 1. The molecule has 1 aliphatic rings. The Morgan fingerprint density at radius 1 is 1.12 bits per heavy atom. The van der Waals surface area contributed by atoms with Crippen LogP contribution in [-0.4, -0.2) is 40.1 Å². The van der Waals surface area contributed by atoms with E-state index in [1.807, 2.05) is 24.3 Å². The molecule has 0 aliphatic carbocycles. The van der Waals surface area contributed by atoms with Crippen LogP contribution in [-0.2, 0) is 6.42 Å². The molecule has 1 fully saturated rings. The van der Waals surface area contributed by atoms with E-state index in [1.165, 1.54) is 35.6 Å². The highest BCUT2D eigenvalue weighted by Gasteiger charge is 2.28. The zero-order valence-corrected chi connectivity index (χ0v) is 18.5. The number of hydrogen-bond acceptors (Lipinski definition) is 5. The summed E-state index contributed by atoms with van der Waals surface area (Å²) in [5.74, 6) is -0.729. The van der Waals surface area contributed by atoms with Crippen molar-refractivity contribution in [1.82, 2.24) is 15.1 Å². The third kappa shape index (κ3) is 5.11. The molecule has 3 aromatic rings. The molecule has 4 rings (SSSR count). The molecule has 2 N–H and O–H groups in total. The van der Waals surface area contributed by atoms with Crippen LogP contribution in [0.4, 0.5) is 20.6 Å². The van der Waals surface area contributed by atoms with Crippen LogP contribution in [0.15, 0.2) is 48.5 Å². The van der Waals surface area contributed by atoms with E-state index in [4.69, 9.17) is 0 Å². The van der Waals surface area contributed by atoms with Crippen LogP contribution >= 0.6 is 11.3 Å². The van der Waals surface area contributed by atoms with Crippen molar-refractivity contribution in [3.8, 4) is 0 Å². The number of nitrogens with zero attached hydrogens (tertiary/aromatic N) is 3. The van der Waals surface area contributed by atoms with E-state index in [1.54, 1.807) is 4.90 Å². The Labute approximate surface area is 189 Å². The van der Waals surface area contributed by atoms with E-state index >= 15 is 0 Å². The van der Waals surface area contributed by atoms with Crippen molar-refractivity contribution in [3.05, 3.63) is 69.9 Å². The van der Waals surface area contributed by atoms with Gasteiger partial charge >= 0.3 is 6.03 Å². The number of carbonyl (C=O) groups is 2. The molecule has 0 saturated carbocycles. The Morgan fingerprint density at radius 3 is 2.69 bits per heavy atom. The molecule has 7 nitrogen and oxygen atoms in total. The lowest BCUT2D eigenvalue weighted by Crippen LogP contribution is -2.41. The van der Waals surface area contributed by atoms with Crippen LogP contribution in [0.5, 0.6) is 0 Å². The molecule has 1 saturated heterocycles. The van der Waals surface area contributed by atoms with Gasteiger partial charge in [-0.15, -0.1) is 10.2 Å². The van der Waals surface area contributed by atoms with Gasteiger partial charge in [0.25, 0.3) is 5.91 Å². The quantitative estimate of drug-likeness (QED) is 0.575. The fourth-order valence-corrected chi connectivity index (χ4v) is 4.58. The summed E-state index contributed by atoms with van der Waals surface area (Å²) in [4.78, 5) is 27.1. The maximum absolute atomic E-state index is 13.0. The van der Waals surface area contributed by atoms with Crippen molar-refractivity contribution in [2.45, 2.75) is 32.1 Å². The van der Waals surface area contributed by atoms with Gasteiger partial charge in [0, 0.05) is 30.4 Å². The van der Waals surface area contributed by atoms with Gasteiger partial charge in [-0.2, -0.15) is 0 Å². The molecular weight excluding hydrogens is 429 g/mol. The summed E-state index contributed by atoms with van der Waals surface area (Å²) >= 11 is 1.23. The van der Waals surface area contributed by atoms with E-state index in [0.29, 0.717) is 18.8 Å². The number of amides is 3. The molecule has 2 aromatic carbocycles. The van der Waals surface area contributed by atoms with Crippen molar-refractivity contribution in [2.24, 2.45) is 0 Å². The van der Waals surface area contributed by atoms with Crippen LogP contribution < -0.4 is 10.6 Å². The monoisotopic (exact) mass is 453 g/mol. The summed E-state index contributed by atoms with van der Waals surface area (Å²) in [6.07, 6.45) is 2.57. The number of benzene rings is 2. The third-order valence-corrected chi connectivity index (χ3v) is 6.52. The Hall–Kier alpha value is -3.33. The second kappa shape index (κ2) is 9.86. The summed E-state index contributed by atoms with van der Waals surface area (Å²) in [5.41, 5.74) is 2.41. The first-order chi connectivity index (χ1) is 15.5. The average Bonchev–Trinajstić information content (AvgIpc) is 3.32. The molecule has 1 aliphatic heterocycles. The topological polar surface area (TPSA) is 87.2 Å². The molecule has 9 heteroatoms. The highest BCUT2D eigenvalue weighted by atomic mass is 32.1. The van der Waals surface area contributed by atoms with E-state index in [9.17, 15) is 14.0 Å². The van der Waals surface area contributed by atoms with Crippen LogP contribution in [0, 0.1) is 5.82 Å². The van der Waals surface area contributed by atoms with Crippen LogP contribution in [0.2, 0.25) is 0 Å². The van der Waals surface area contributed by atoms with Gasteiger partial charge in [-0.1, -0.05) is 36.5 Å². The number of nitrogens with one attached hydrogen (secondary N) is 2. The molecule has 3 amide bonds. The van der Waals surface area contributed by atoms with Gasteiger partial charge in [-0.25, -0.2) is 9.18 Å². The minimum atomic E-state index is -0.387.